The van der Waals surface area contributed by atoms with Gasteiger partial charge in [-0.3, -0.25) is 0 Å². The first-order valence-corrected chi connectivity index (χ1v) is 5.17. The van der Waals surface area contributed by atoms with E-state index in [2.05, 4.69) is 5.32 Å². The third-order valence-corrected chi connectivity index (χ3v) is 3.40. The highest BCUT2D eigenvalue weighted by Crippen LogP contribution is 2.31. The first kappa shape index (κ1) is 7.88. The van der Waals surface area contributed by atoms with Gasteiger partial charge in [-0.2, -0.15) is 0 Å². The molecule has 0 aromatic rings. The topological polar surface area (TPSA) is 12.0 Å². The number of alkyl halides is 1. The van der Waals surface area contributed by atoms with E-state index in [1.165, 1.54) is 32.1 Å². The second-order valence-corrected chi connectivity index (χ2v) is 4.51. The summed E-state index contributed by atoms with van der Waals surface area (Å²) in [4.78, 5) is 0. The van der Waals surface area contributed by atoms with E-state index >= 15 is 0 Å². The maximum absolute atomic E-state index is 6.07. The van der Waals surface area contributed by atoms with Gasteiger partial charge < -0.3 is 5.32 Å². The zero-order chi connectivity index (χ0) is 7.68. The zero-order valence-corrected chi connectivity index (χ0v) is 7.61. The van der Waals surface area contributed by atoms with E-state index in [1.807, 2.05) is 0 Å². The molecule has 1 saturated carbocycles. The van der Waals surface area contributed by atoms with Crippen molar-refractivity contribution < 1.29 is 0 Å². The van der Waals surface area contributed by atoms with Gasteiger partial charge in [-0.1, -0.05) is 12.8 Å². The molecule has 64 valence electrons. The summed E-state index contributed by atoms with van der Waals surface area (Å²) in [5, 5.41) is 3.94. The van der Waals surface area contributed by atoms with Gasteiger partial charge >= 0.3 is 0 Å². The fourth-order valence-corrected chi connectivity index (χ4v) is 2.77. The van der Waals surface area contributed by atoms with Crippen molar-refractivity contribution in [2.24, 2.45) is 5.92 Å². The Bertz CT molecular complexity index is 138. The summed E-state index contributed by atoms with van der Waals surface area (Å²) in [5.74, 6) is 0.889. The molecule has 0 spiro atoms. The fraction of sp³-hybridized carbons (Fsp3) is 1.00. The minimum Gasteiger partial charge on any atom is -0.312 e. The number of halogens is 1. The van der Waals surface area contributed by atoms with E-state index < -0.39 is 0 Å². The molecule has 1 nitrogen and oxygen atoms in total. The number of rotatable bonds is 0. The lowest BCUT2D eigenvalue weighted by molar-refractivity contribution is 0.214. The van der Waals surface area contributed by atoms with Crippen molar-refractivity contribution in [1.82, 2.24) is 5.32 Å². The van der Waals surface area contributed by atoms with E-state index in [1.54, 1.807) is 0 Å². The SMILES string of the molecule is ClC1CNC2CCCCC2C1. The van der Waals surface area contributed by atoms with E-state index in [-0.39, 0.29) is 0 Å². The average Bonchev–Trinajstić information content (AvgIpc) is 2.04. The van der Waals surface area contributed by atoms with E-state index in [4.69, 9.17) is 11.6 Å². The fourth-order valence-electron chi connectivity index (χ4n) is 2.45. The molecule has 2 aliphatic rings. The molecular weight excluding hydrogens is 158 g/mol. The normalized spacial score (nSPS) is 45.0. The van der Waals surface area contributed by atoms with Crippen LogP contribution in [0.3, 0.4) is 0 Å². The molecule has 0 aromatic carbocycles. The van der Waals surface area contributed by atoms with E-state index in [0.29, 0.717) is 5.38 Å². The summed E-state index contributed by atoms with van der Waals surface area (Å²) in [7, 11) is 0. The van der Waals surface area contributed by atoms with Crippen molar-refractivity contribution in [3.8, 4) is 0 Å². The lowest BCUT2D eigenvalue weighted by Crippen LogP contribution is -2.47. The number of hydrogen-bond acceptors (Lipinski definition) is 1. The Labute approximate surface area is 73.5 Å². The lowest BCUT2D eigenvalue weighted by Gasteiger charge is -2.38. The summed E-state index contributed by atoms with van der Waals surface area (Å²) in [6, 6.07) is 0.804. The van der Waals surface area contributed by atoms with Crippen LogP contribution >= 0.6 is 11.6 Å². The Morgan fingerprint density at radius 1 is 1.18 bits per heavy atom. The number of piperidine rings is 1. The minimum atomic E-state index is 0.398. The van der Waals surface area contributed by atoms with Crippen molar-refractivity contribution >= 4 is 11.6 Å². The van der Waals surface area contributed by atoms with Crippen LogP contribution in [0.4, 0.5) is 0 Å². The van der Waals surface area contributed by atoms with Gasteiger partial charge in [0.15, 0.2) is 0 Å². The molecule has 0 aromatic heterocycles. The highest BCUT2D eigenvalue weighted by Gasteiger charge is 2.30. The molecule has 0 bridgehead atoms. The van der Waals surface area contributed by atoms with E-state index in [0.717, 1.165) is 18.5 Å². The van der Waals surface area contributed by atoms with Gasteiger partial charge in [0, 0.05) is 18.0 Å². The Hall–Kier alpha value is 0.250. The largest absolute Gasteiger partial charge is 0.312 e. The van der Waals surface area contributed by atoms with Crippen LogP contribution in [0.15, 0.2) is 0 Å². The van der Waals surface area contributed by atoms with Gasteiger partial charge in [0.25, 0.3) is 0 Å². The van der Waals surface area contributed by atoms with Crippen LogP contribution in [-0.4, -0.2) is 18.0 Å². The van der Waals surface area contributed by atoms with Crippen LogP contribution < -0.4 is 5.32 Å². The van der Waals surface area contributed by atoms with Crippen molar-refractivity contribution in [3.05, 3.63) is 0 Å². The Kier molecular flexibility index (Phi) is 2.38. The highest BCUT2D eigenvalue weighted by molar-refractivity contribution is 6.20. The number of fused-ring (bicyclic) bond motifs is 1. The second kappa shape index (κ2) is 3.32. The summed E-state index contributed by atoms with van der Waals surface area (Å²) in [5.41, 5.74) is 0. The van der Waals surface area contributed by atoms with Gasteiger partial charge in [0.05, 0.1) is 0 Å². The Morgan fingerprint density at radius 2 is 2.00 bits per heavy atom. The second-order valence-electron chi connectivity index (χ2n) is 3.89. The molecule has 1 saturated heterocycles. The van der Waals surface area contributed by atoms with Crippen LogP contribution in [0, 0.1) is 5.92 Å². The monoisotopic (exact) mass is 173 g/mol. The molecule has 2 rings (SSSR count). The molecule has 0 radical (unpaired) electrons. The minimum absolute atomic E-state index is 0.398. The third kappa shape index (κ3) is 1.70. The maximum atomic E-state index is 6.07. The van der Waals surface area contributed by atoms with Crippen LogP contribution in [0.1, 0.15) is 32.1 Å². The van der Waals surface area contributed by atoms with Gasteiger partial charge in [-0.15, -0.1) is 11.6 Å². The van der Waals surface area contributed by atoms with Crippen molar-refractivity contribution in [3.63, 3.8) is 0 Å². The Morgan fingerprint density at radius 3 is 2.91 bits per heavy atom. The highest BCUT2D eigenvalue weighted by atomic mass is 35.5. The van der Waals surface area contributed by atoms with Gasteiger partial charge in [0.2, 0.25) is 0 Å². The molecule has 1 heterocycles. The van der Waals surface area contributed by atoms with Gasteiger partial charge in [-0.25, -0.2) is 0 Å². The predicted octanol–water partition coefficient (Wildman–Crippen LogP) is 2.15. The molecule has 2 heteroatoms. The molecule has 3 unspecified atom stereocenters. The molecule has 1 aliphatic carbocycles. The van der Waals surface area contributed by atoms with Crippen molar-refractivity contribution in [2.45, 2.75) is 43.5 Å². The molecule has 1 N–H and O–H groups in total. The molecular formula is C9H16ClN. The molecule has 0 amide bonds. The van der Waals surface area contributed by atoms with E-state index in [9.17, 15) is 0 Å². The molecule has 3 atom stereocenters. The molecule has 11 heavy (non-hydrogen) atoms. The summed E-state index contributed by atoms with van der Waals surface area (Å²) < 4.78 is 0. The summed E-state index contributed by atoms with van der Waals surface area (Å²) in [6.07, 6.45) is 6.88. The van der Waals surface area contributed by atoms with Gasteiger partial charge in [0.1, 0.15) is 0 Å². The van der Waals surface area contributed by atoms with Crippen LogP contribution in [0.2, 0.25) is 0 Å². The van der Waals surface area contributed by atoms with Crippen molar-refractivity contribution in [1.29, 1.82) is 0 Å². The number of hydrogen-bond donors (Lipinski definition) is 1. The predicted molar refractivity (Wildman–Crippen MR) is 48.0 cm³/mol. The van der Waals surface area contributed by atoms with Gasteiger partial charge in [-0.05, 0) is 25.2 Å². The maximum Gasteiger partial charge on any atom is 0.0464 e. The van der Waals surface area contributed by atoms with Crippen LogP contribution in [-0.2, 0) is 0 Å². The molecule has 1 aliphatic heterocycles. The number of nitrogens with one attached hydrogen (secondary N) is 1. The summed E-state index contributed by atoms with van der Waals surface area (Å²) >= 11 is 6.07. The first-order valence-electron chi connectivity index (χ1n) is 4.74. The average molecular weight is 174 g/mol. The van der Waals surface area contributed by atoms with Crippen LogP contribution in [0.25, 0.3) is 0 Å². The smallest absolute Gasteiger partial charge is 0.0464 e. The van der Waals surface area contributed by atoms with Crippen molar-refractivity contribution in [2.75, 3.05) is 6.54 Å². The lowest BCUT2D eigenvalue weighted by atomic mass is 9.79. The first-order chi connectivity index (χ1) is 5.36. The molecule has 2 fully saturated rings. The zero-order valence-electron chi connectivity index (χ0n) is 6.85. The Balaban J connectivity index is 1.93. The summed E-state index contributed by atoms with van der Waals surface area (Å²) in [6.45, 7) is 1.03. The third-order valence-electron chi connectivity index (χ3n) is 3.07. The quantitative estimate of drug-likeness (QED) is 0.554. The standard InChI is InChI=1S/C9H16ClN/c10-8-5-7-3-1-2-4-9(7)11-6-8/h7-9,11H,1-6H2. The van der Waals surface area contributed by atoms with Crippen LogP contribution in [0.5, 0.6) is 0 Å².